The number of anilines is 1. The maximum Gasteiger partial charge on any atom is 0.139 e. The van der Waals surface area contributed by atoms with E-state index in [9.17, 15) is 0 Å². The minimum absolute atomic E-state index is 0.621. The largest absolute Gasteiger partial charge is 0.492 e. The average Bonchev–Trinajstić information content (AvgIpc) is 2.78. The van der Waals surface area contributed by atoms with Gasteiger partial charge in [0.15, 0.2) is 0 Å². The first kappa shape index (κ1) is 11.2. The highest BCUT2D eigenvalue weighted by Gasteiger charge is 2.21. The molecule has 1 aliphatic heterocycles. The summed E-state index contributed by atoms with van der Waals surface area (Å²) < 4.78 is 5.45. The van der Waals surface area contributed by atoms with Crippen molar-refractivity contribution >= 4 is 5.69 Å². The summed E-state index contributed by atoms with van der Waals surface area (Å²) in [4.78, 5) is 6.53. The van der Waals surface area contributed by atoms with Gasteiger partial charge in [-0.1, -0.05) is 0 Å². The molecule has 4 nitrogen and oxygen atoms in total. The molecule has 0 amide bonds. The van der Waals surface area contributed by atoms with Crippen molar-refractivity contribution in [3.05, 3.63) is 18.5 Å². The van der Waals surface area contributed by atoms with E-state index in [1.807, 2.05) is 13.1 Å². The Hall–Kier alpha value is -1.29. The Morgan fingerprint density at radius 3 is 3.12 bits per heavy atom. The van der Waals surface area contributed by atoms with Crippen LogP contribution < -0.4 is 15.4 Å². The second-order valence-corrected chi connectivity index (χ2v) is 4.15. The van der Waals surface area contributed by atoms with E-state index in [0.717, 1.165) is 31.1 Å². The van der Waals surface area contributed by atoms with Gasteiger partial charge in [-0.25, -0.2) is 0 Å². The first-order valence-electron chi connectivity index (χ1n) is 5.86. The van der Waals surface area contributed by atoms with Crippen LogP contribution in [0.1, 0.15) is 13.3 Å². The molecule has 0 spiro atoms. The minimum atomic E-state index is 0.621. The van der Waals surface area contributed by atoms with Gasteiger partial charge in [-0.15, -0.1) is 0 Å². The molecule has 4 heteroatoms. The van der Waals surface area contributed by atoms with Gasteiger partial charge >= 0.3 is 0 Å². The van der Waals surface area contributed by atoms with Crippen LogP contribution in [-0.4, -0.2) is 31.2 Å². The smallest absolute Gasteiger partial charge is 0.139 e. The standard InChI is InChI=1S/C12H19N3O/c1-2-16-12-5-11(7-14-8-12)15-4-3-10(6-13)9-15/h5,7-8,10H,2-4,6,9,13H2,1H3. The van der Waals surface area contributed by atoms with Crippen LogP contribution in [-0.2, 0) is 0 Å². The Bertz CT molecular complexity index is 343. The number of hydrogen-bond acceptors (Lipinski definition) is 4. The summed E-state index contributed by atoms with van der Waals surface area (Å²) in [5.41, 5.74) is 6.83. The molecule has 1 saturated heterocycles. The van der Waals surface area contributed by atoms with Crippen LogP contribution in [0.2, 0.25) is 0 Å². The SMILES string of the molecule is CCOc1cncc(N2CCC(CN)C2)c1. The molecule has 0 radical (unpaired) electrons. The van der Waals surface area contributed by atoms with E-state index in [4.69, 9.17) is 10.5 Å². The Labute approximate surface area is 96.4 Å². The highest BCUT2D eigenvalue weighted by atomic mass is 16.5. The lowest BCUT2D eigenvalue weighted by Crippen LogP contribution is -2.22. The lowest BCUT2D eigenvalue weighted by molar-refractivity contribution is 0.339. The summed E-state index contributed by atoms with van der Waals surface area (Å²) in [6.45, 7) is 5.53. The van der Waals surface area contributed by atoms with Gasteiger partial charge in [0, 0.05) is 19.2 Å². The molecule has 2 N–H and O–H groups in total. The minimum Gasteiger partial charge on any atom is -0.492 e. The zero-order valence-electron chi connectivity index (χ0n) is 9.72. The Morgan fingerprint density at radius 2 is 2.44 bits per heavy atom. The number of pyridine rings is 1. The summed E-state index contributed by atoms with van der Waals surface area (Å²) in [6, 6.07) is 2.05. The number of aromatic nitrogens is 1. The van der Waals surface area contributed by atoms with Crippen molar-refractivity contribution < 1.29 is 4.74 Å². The zero-order valence-corrected chi connectivity index (χ0v) is 9.72. The van der Waals surface area contributed by atoms with Crippen LogP contribution in [0, 0.1) is 5.92 Å². The molecule has 1 atom stereocenters. The highest BCUT2D eigenvalue weighted by Crippen LogP contribution is 2.25. The maximum atomic E-state index is 5.68. The third-order valence-corrected chi connectivity index (χ3v) is 2.99. The average molecular weight is 221 g/mol. The van der Waals surface area contributed by atoms with Gasteiger partial charge in [0.25, 0.3) is 0 Å². The molecule has 1 unspecified atom stereocenters. The van der Waals surface area contributed by atoms with Gasteiger partial charge in [-0.05, 0) is 25.8 Å². The van der Waals surface area contributed by atoms with E-state index in [1.54, 1.807) is 6.20 Å². The second-order valence-electron chi connectivity index (χ2n) is 4.15. The molecule has 16 heavy (non-hydrogen) atoms. The maximum absolute atomic E-state index is 5.68. The molecule has 1 aliphatic rings. The molecule has 88 valence electrons. The number of nitrogens with two attached hydrogens (primary N) is 1. The number of nitrogens with zero attached hydrogens (tertiary/aromatic N) is 2. The first-order chi connectivity index (χ1) is 7.83. The van der Waals surface area contributed by atoms with E-state index in [0.29, 0.717) is 12.5 Å². The fourth-order valence-corrected chi connectivity index (χ4v) is 2.09. The van der Waals surface area contributed by atoms with Gasteiger partial charge in [0.1, 0.15) is 5.75 Å². The second kappa shape index (κ2) is 5.16. The zero-order chi connectivity index (χ0) is 11.4. The quantitative estimate of drug-likeness (QED) is 0.831. The lowest BCUT2D eigenvalue weighted by Gasteiger charge is -2.18. The number of rotatable bonds is 4. The summed E-state index contributed by atoms with van der Waals surface area (Å²) >= 11 is 0. The molecule has 0 aromatic carbocycles. The molecule has 1 fully saturated rings. The molecule has 0 bridgehead atoms. The number of hydrogen-bond donors (Lipinski definition) is 1. The van der Waals surface area contributed by atoms with Gasteiger partial charge in [-0.2, -0.15) is 0 Å². The Kier molecular flexibility index (Phi) is 3.62. The van der Waals surface area contributed by atoms with E-state index < -0.39 is 0 Å². The molecule has 2 heterocycles. The summed E-state index contributed by atoms with van der Waals surface area (Å²) in [7, 11) is 0. The first-order valence-corrected chi connectivity index (χ1v) is 5.86. The Balaban J connectivity index is 2.06. The topological polar surface area (TPSA) is 51.4 Å². The van der Waals surface area contributed by atoms with Crippen LogP contribution >= 0.6 is 0 Å². The molecular weight excluding hydrogens is 202 g/mol. The van der Waals surface area contributed by atoms with Crippen LogP contribution in [0.25, 0.3) is 0 Å². The van der Waals surface area contributed by atoms with Gasteiger partial charge in [-0.3, -0.25) is 4.98 Å². The van der Waals surface area contributed by atoms with Crippen LogP contribution in [0.3, 0.4) is 0 Å². The van der Waals surface area contributed by atoms with Crippen molar-refractivity contribution in [3.63, 3.8) is 0 Å². The third kappa shape index (κ3) is 2.44. The van der Waals surface area contributed by atoms with Gasteiger partial charge in [0.2, 0.25) is 0 Å². The van der Waals surface area contributed by atoms with Crippen molar-refractivity contribution in [2.45, 2.75) is 13.3 Å². The monoisotopic (exact) mass is 221 g/mol. The van der Waals surface area contributed by atoms with Crippen LogP contribution in [0.4, 0.5) is 5.69 Å². The van der Waals surface area contributed by atoms with E-state index in [2.05, 4.69) is 16.0 Å². The van der Waals surface area contributed by atoms with E-state index in [1.165, 1.54) is 6.42 Å². The van der Waals surface area contributed by atoms with Crippen molar-refractivity contribution in [1.29, 1.82) is 0 Å². The fourth-order valence-electron chi connectivity index (χ4n) is 2.09. The van der Waals surface area contributed by atoms with Crippen LogP contribution in [0.15, 0.2) is 18.5 Å². The Morgan fingerprint density at radius 1 is 1.56 bits per heavy atom. The van der Waals surface area contributed by atoms with E-state index >= 15 is 0 Å². The highest BCUT2D eigenvalue weighted by molar-refractivity contribution is 5.49. The van der Waals surface area contributed by atoms with Crippen molar-refractivity contribution in [2.75, 3.05) is 31.1 Å². The lowest BCUT2D eigenvalue weighted by atomic mass is 10.1. The van der Waals surface area contributed by atoms with Gasteiger partial charge in [0.05, 0.1) is 24.7 Å². The van der Waals surface area contributed by atoms with Crippen LogP contribution in [0.5, 0.6) is 5.75 Å². The van der Waals surface area contributed by atoms with Crippen molar-refractivity contribution in [1.82, 2.24) is 4.98 Å². The third-order valence-electron chi connectivity index (χ3n) is 2.99. The summed E-state index contributed by atoms with van der Waals surface area (Å²) in [6.07, 6.45) is 4.82. The molecule has 2 rings (SSSR count). The molecule has 0 saturated carbocycles. The number of ether oxygens (including phenoxy) is 1. The van der Waals surface area contributed by atoms with Crippen molar-refractivity contribution in [3.8, 4) is 5.75 Å². The molecule has 1 aromatic heterocycles. The van der Waals surface area contributed by atoms with Crippen molar-refractivity contribution in [2.24, 2.45) is 11.7 Å². The molecular formula is C12H19N3O. The molecule has 0 aliphatic carbocycles. The summed E-state index contributed by atoms with van der Waals surface area (Å²) in [5.74, 6) is 1.46. The van der Waals surface area contributed by atoms with E-state index in [-0.39, 0.29) is 0 Å². The summed E-state index contributed by atoms with van der Waals surface area (Å²) in [5, 5.41) is 0. The predicted octanol–water partition coefficient (Wildman–Crippen LogP) is 1.27. The predicted molar refractivity (Wildman–Crippen MR) is 64.8 cm³/mol. The normalized spacial score (nSPS) is 20.1. The fraction of sp³-hybridized carbons (Fsp3) is 0.583. The molecule has 1 aromatic rings. The van der Waals surface area contributed by atoms with Gasteiger partial charge < -0.3 is 15.4 Å².